The first-order chi connectivity index (χ1) is 12.7. The second kappa shape index (κ2) is 11.1. The molecule has 1 aromatic rings. The first-order valence-electron chi connectivity index (χ1n) is 10.4. The number of ether oxygens (including phenoxy) is 1. The number of carbonyl (C=O) groups is 1. The molecule has 1 aliphatic rings. The minimum Gasteiger partial charge on any atom is -0.497 e. The lowest BCUT2D eigenvalue weighted by molar-refractivity contribution is -0.126. The van der Waals surface area contributed by atoms with E-state index in [4.69, 9.17) is 4.74 Å². The summed E-state index contributed by atoms with van der Waals surface area (Å²) in [6.07, 6.45) is 8.97. The maximum atomic E-state index is 12.6. The number of hydrogen-bond donors (Lipinski definition) is 1. The van der Waals surface area contributed by atoms with Crippen molar-refractivity contribution < 1.29 is 9.53 Å². The average Bonchev–Trinajstić information content (AvgIpc) is 2.68. The molecular weight excluding hydrogens is 324 g/mol. The lowest BCUT2D eigenvalue weighted by atomic mass is 9.96. The highest BCUT2D eigenvalue weighted by Gasteiger charge is 2.24. The van der Waals surface area contributed by atoms with Crippen LogP contribution in [0.15, 0.2) is 24.3 Å². The SMILES string of the molecule is CCCCCCC(CC)C(=O)NC1CCN(c2ccc(OC)cc2)CC1. The number of nitrogens with one attached hydrogen (secondary N) is 1. The van der Waals surface area contributed by atoms with E-state index < -0.39 is 0 Å². The quantitative estimate of drug-likeness (QED) is 0.611. The van der Waals surface area contributed by atoms with Gasteiger partial charge in [0.25, 0.3) is 0 Å². The van der Waals surface area contributed by atoms with Gasteiger partial charge in [0.2, 0.25) is 5.91 Å². The van der Waals surface area contributed by atoms with Crippen molar-refractivity contribution in [2.75, 3.05) is 25.1 Å². The van der Waals surface area contributed by atoms with Gasteiger partial charge in [-0.25, -0.2) is 0 Å². The van der Waals surface area contributed by atoms with Crippen LogP contribution in [-0.4, -0.2) is 32.1 Å². The van der Waals surface area contributed by atoms with Gasteiger partial charge in [0.15, 0.2) is 0 Å². The summed E-state index contributed by atoms with van der Waals surface area (Å²) in [7, 11) is 1.69. The Morgan fingerprint density at radius 3 is 2.42 bits per heavy atom. The van der Waals surface area contributed by atoms with Gasteiger partial charge in [0.1, 0.15) is 5.75 Å². The molecule has 0 bridgehead atoms. The van der Waals surface area contributed by atoms with E-state index in [9.17, 15) is 4.79 Å². The molecule has 4 heteroatoms. The van der Waals surface area contributed by atoms with Crippen molar-refractivity contribution in [2.45, 2.75) is 71.3 Å². The molecule has 1 heterocycles. The van der Waals surface area contributed by atoms with Gasteiger partial charge in [-0.2, -0.15) is 0 Å². The summed E-state index contributed by atoms with van der Waals surface area (Å²) in [4.78, 5) is 15.0. The van der Waals surface area contributed by atoms with Crippen molar-refractivity contribution in [3.05, 3.63) is 24.3 Å². The number of methoxy groups -OCH3 is 1. The largest absolute Gasteiger partial charge is 0.497 e. The van der Waals surface area contributed by atoms with Crippen molar-refractivity contribution in [3.8, 4) is 5.75 Å². The number of unbranched alkanes of at least 4 members (excludes halogenated alkanes) is 3. The van der Waals surface area contributed by atoms with Crippen molar-refractivity contribution in [1.82, 2.24) is 5.32 Å². The van der Waals surface area contributed by atoms with E-state index in [0.717, 1.165) is 44.5 Å². The van der Waals surface area contributed by atoms with Crippen LogP contribution < -0.4 is 15.0 Å². The zero-order valence-electron chi connectivity index (χ0n) is 16.8. The Morgan fingerprint density at radius 2 is 1.85 bits per heavy atom. The normalized spacial score (nSPS) is 16.3. The monoisotopic (exact) mass is 360 g/mol. The molecule has 1 aliphatic heterocycles. The topological polar surface area (TPSA) is 41.6 Å². The first-order valence-corrected chi connectivity index (χ1v) is 10.4. The summed E-state index contributed by atoms with van der Waals surface area (Å²) in [6, 6.07) is 8.56. The Hall–Kier alpha value is -1.71. The van der Waals surface area contributed by atoms with Crippen LogP contribution in [-0.2, 0) is 4.79 Å². The van der Waals surface area contributed by atoms with Crippen LogP contribution in [0.1, 0.15) is 65.2 Å². The predicted octanol–water partition coefficient (Wildman–Crippen LogP) is 4.78. The van der Waals surface area contributed by atoms with Gasteiger partial charge in [-0.05, 0) is 49.9 Å². The maximum absolute atomic E-state index is 12.6. The zero-order valence-corrected chi connectivity index (χ0v) is 16.8. The zero-order chi connectivity index (χ0) is 18.8. The Labute approximate surface area is 159 Å². The van der Waals surface area contributed by atoms with Gasteiger partial charge in [0, 0.05) is 30.7 Å². The van der Waals surface area contributed by atoms with Gasteiger partial charge in [-0.15, -0.1) is 0 Å². The lowest BCUT2D eigenvalue weighted by Gasteiger charge is -2.34. The minimum atomic E-state index is 0.187. The third-order valence-corrected chi connectivity index (χ3v) is 5.55. The fraction of sp³-hybridized carbons (Fsp3) is 0.682. The van der Waals surface area contributed by atoms with Gasteiger partial charge < -0.3 is 15.0 Å². The highest BCUT2D eigenvalue weighted by molar-refractivity contribution is 5.78. The number of rotatable bonds is 10. The first kappa shape index (κ1) is 20.6. The average molecular weight is 361 g/mol. The van der Waals surface area contributed by atoms with Crippen LogP contribution in [0.3, 0.4) is 0 Å². The van der Waals surface area contributed by atoms with Crippen molar-refractivity contribution >= 4 is 11.6 Å². The molecule has 0 aromatic heterocycles. The van der Waals surface area contributed by atoms with E-state index in [-0.39, 0.29) is 11.8 Å². The van der Waals surface area contributed by atoms with Crippen molar-refractivity contribution in [1.29, 1.82) is 0 Å². The van der Waals surface area contributed by atoms with Crippen LogP contribution >= 0.6 is 0 Å². The van der Waals surface area contributed by atoms with E-state index in [0.29, 0.717) is 6.04 Å². The molecule has 0 radical (unpaired) electrons. The van der Waals surface area contributed by atoms with Gasteiger partial charge in [0.05, 0.1) is 7.11 Å². The third kappa shape index (κ3) is 6.22. The van der Waals surface area contributed by atoms with Crippen LogP contribution in [0, 0.1) is 5.92 Å². The molecular formula is C22H36N2O2. The smallest absolute Gasteiger partial charge is 0.223 e. The summed E-state index contributed by atoms with van der Waals surface area (Å²) < 4.78 is 5.23. The number of piperidine rings is 1. The van der Waals surface area contributed by atoms with Crippen LogP contribution in [0.5, 0.6) is 5.75 Å². The molecule has 0 spiro atoms. The highest BCUT2D eigenvalue weighted by atomic mass is 16.5. The van der Waals surface area contributed by atoms with Crippen molar-refractivity contribution in [3.63, 3.8) is 0 Å². The van der Waals surface area contributed by atoms with Crippen LogP contribution in [0.2, 0.25) is 0 Å². The summed E-state index contributed by atoms with van der Waals surface area (Å²) in [6.45, 7) is 6.34. The molecule has 0 aliphatic carbocycles. The summed E-state index contributed by atoms with van der Waals surface area (Å²) in [5, 5.41) is 3.32. The summed E-state index contributed by atoms with van der Waals surface area (Å²) >= 11 is 0. The number of nitrogens with zero attached hydrogens (tertiary/aromatic N) is 1. The summed E-state index contributed by atoms with van der Waals surface area (Å²) in [5.41, 5.74) is 1.23. The Bertz CT molecular complexity index is 521. The fourth-order valence-corrected chi connectivity index (χ4v) is 3.73. The van der Waals surface area contributed by atoms with E-state index in [1.54, 1.807) is 7.11 Å². The molecule has 26 heavy (non-hydrogen) atoms. The fourth-order valence-electron chi connectivity index (χ4n) is 3.73. The molecule has 1 unspecified atom stereocenters. The third-order valence-electron chi connectivity index (χ3n) is 5.55. The molecule has 146 valence electrons. The second-order valence-electron chi connectivity index (χ2n) is 7.42. The molecule has 1 fully saturated rings. The molecule has 1 atom stereocenters. The Kier molecular flexibility index (Phi) is 8.79. The predicted molar refractivity (Wildman–Crippen MR) is 109 cm³/mol. The van der Waals surface area contributed by atoms with E-state index in [1.807, 2.05) is 12.1 Å². The molecule has 2 rings (SSSR count). The molecule has 1 aromatic carbocycles. The van der Waals surface area contributed by atoms with Gasteiger partial charge in [-0.1, -0.05) is 39.5 Å². The van der Waals surface area contributed by atoms with E-state index in [2.05, 4.69) is 36.2 Å². The molecule has 4 nitrogen and oxygen atoms in total. The Morgan fingerprint density at radius 1 is 1.15 bits per heavy atom. The van der Waals surface area contributed by atoms with Crippen LogP contribution in [0.25, 0.3) is 0 Å². The van der Waals surface area contributed by atoms with E-state index in [1.165, 1.54) is 31.4 Å². The lowest BCUT2D eigenvalue weighted by Crippen LogP contribution is -2.46. The number of benzene rings is 1. The molecule has 1 amide bonds. The second-order valence-corrected chi connectivity index (χ2v) is 7.42. The highest BCUT2D eigenvalue weighted by Crippen LogP contribution is 2.23. The molecule has 1 saturated heterocycles. The standard InChI is InChI=1S/C22H36N2O2/c1-4-6-7-8-9-18(5-2)22(25)23-19-14-16-24(17-15-19)20-10-12-21(26-3)13-11-20/h10-13,18-19H,4-9,14-17H2,1-3H3,(H,23,25). The van der Waals surface area contributed by atoms with Crippen LogP contribution in [0.4, 0.5) is 5.69 Å². The number of amides is 1. The maximum Gasteiger partial charge on any atom is 0.223 e. The Balaban J connectivity index is 1.75. The molecule has 1 N–H and O–H groups in total. The van der Waals surface area contributed by atoms with Gasteiger partial charge in [-0.3, -0.25) is 4.79 Å². The van der Waals surface area contributed by atoms with Crippen molar-refractivity contribution in [2.24, 2.45) is 5.92 Å². The van der Waals surface area contributed by atoms with Gasteiger partial charge >= 0.3 is 0 Å². The number of hydrogen-bond acceptors (Lipinski definition) is 3. The summed E-state index contributed by atoms with van der Waals surface area (Å²) in [5.74, 6) is 1.35. The van der Waals surface area contributed by atoms with E-state index >= 15 is 0 Å². The number of anilines is 1. The molecule has 0 saturated carbocycles. The number of carbonyl (C=O) groups excluding carboxylic acids is 1. The minimum absolute atomic E-state index is 0.187.